The summed E-state index contributed by atoms with van der Waals surface area (Å²) in [4.78, 5) is 2.24. The van der Waals surface area contributed by atoms with Crippen LogP contribution in [0.4, 0.5) is 17.1 Å². The standard InChI is InChI=1S/C85H71BN2O/c1-82(2,3)60-45-59(46-61(49-60)83(4,5)6)57-41-43-72-70(47-57)85(68-35-21-25-39-78(68)89-79-40-26-22-36-69(79)85)71-52-63(87-74-37-23-19-33-64(74)65-34-20-24-38-75(65)87)53-77-80(71)86(72)73-44-42-58(54-27-13-10-14-28-54)48-76(73)88(77)81-66(55-29-15-11-16-30-55)50-62(84(7,8)9)51-67(81)56-31-17-12-18-32-56/h10-53H,1-9H3/i10D,13D,14D,19D,20D,23D,24D,27D,28D,33D,34D,37D,38D. The van der Waals surface area contributed by atoms with Crippen molar-refractivity contribution >= 4 is 62.0 Å². The van der Waals surface area contributed by atoms with Crippen LogP contribution < -0.4 is 26.0 Å². The highest BCUT2D eigenvalue weighted by atomic mass is 16.5. The van der Waals surface area contributed by atoms with Crippen molar-refractivity contribution < 1.29 is 22.6 Å². The van der Waals surface area contributed by atoms with Crippen LogP contribution in [-0.2, 0) is 21.7 Å². The van der Waals surface area contributed by atoms with Crippen LogP contribution in [0.25, 0.3) is 72.0 Å². The molecule has 0 amide bonds. The molecule has 1 spiro atoms. The van der Waals surface area contributed by atoms with E-state index in [0.29, 0.717) is 39.8 Å². The van der Waals surface area contributed by atoms with Crippen molar-refractivity contribution in [2.24, 2.45) is 0 Å². The molecule has 0 N–H and O–H groups in total. The minimum Gasteiger partial charge on any atom is -0.457 e. The zero-order valence-corrected chi connectivity index (χ0v) is 51.3. The average Bonchev–Trinajstić information content (AvgIpc) is 0.729. The highest BCUT2D eigenvalue weighted by molar-refractivity contribution is 6.99. The molecule has 12 aromatic carbocycles. The summed E-state index contributed by atoms with van der Waals surface area (Å²) >= 11 is 0. The van der Waals surface area contributed by atoms with Crippen LogP contribution in [0.15, 0.2) is 267 Å². The Balaban J connectivity index is 1.18. The van der Waals surface area contributed by atoms with E-state index in [1.54, 1.807) is 4.57 Å². The summed E-state index contributed by atoms with van der Waals surface area (Å²) in [5, 5.41) is -0.154. The summed E-state index contributed by atoms with van der Waals surface area (Å²) in [6.07, 6.45) is 0. The second kappa shape index (κ2) is 20.1. The van der Waals surface area contributed by atoms with Crippen LogP contribution in [0.5, 0.6) is 11.5 Å². The zero-order chi connectivity index (χ0) is 72.0. The molecule has 16 rings (SSSR count). The van der Waals surface area contributed by atoms with Crippen LogP contribution in [0.2, 0.25) is 0 Å². The maximum atomic E-state index is 10.1. The minimum atomic E-state index is -1.35. The van der Waals surface area contributed by atoms with E-state index in [1.807, 2.05) is 97.1 Å². The van der Waals surface area contributed by atoms with Gasteiger partial charge in [0.15, 0.2) is 0 Å². The van der Waals surface area contributed by atoms with Gasteiger partial charge in [0.1, 0.15) is 11.5 Å². The van der Waals surface area contributed by atoms with E-state index >= 15 is 0 Å². The number of ether oxygens (including phenoxy) is 1. The molecule has 0 aliphatic carbocycles. The summed E-state index contributed by atoms with van der Waals surface area (Å²) < 4.78 is 132. The first-order valence-corrected chi connectivity index (χ1v) is 30.6. The molecule has 3 nitrogen and oxygen atoms in total. The van der Waals surface area contributed by atoms with Gasteiger partial charge in [0.05, 0.1) is 40.0 Å². The van der Waals surface area contributed by atoms with Gasteiger partial charge in [0.2, 0.25) is 6.71 Å². The van der Waals surface area contributed by atoms with Crippen molar-refractivity contribution in [1.82, 2.24) is 4.57 Å². The van der Waals surface area contributed by atoms with Gasteiger partial charge >= 0.3 is 0 Å². The fraction of sp³-hybridized carbons (Fsp3) is 0.153. The van der Waals surface area contributed by atoms with Crippen molar-refractivity contribution in [1.29, 1.82) is 0 Å². The van der Waals surface area contributed by atoms with Crippen LogP contribution in [-0.4, -0.2) is 11.3 Å². The van der Waals surface area contributed by atoms with Crippen molar-refractivity contribution in [2.75, 3.05) is 4.90 Å². The topological polar surface area (TPSA) is 17.4 Å². The normalized spacial score (nSPS) is 15.9. The molecule has 3 aliphatic heterocycles. The first kappa shape index (κ1) is 42.1. The first-order chi connectivity index (χ1) is 48.4. The SMILES string of the molecule is [2H]c1c([2H])c([2H])c(-c2ccc3c(c2)N(c2c(-c4ccccc4)cc(C(C)(C)C)cc2-c2ccccc2)c2cc(-n4c5c([2H])c([2H])c([2H])c([2H])c5c5c([2H])c([2H])c([2H])c([2H])c54)cc4c2B3c2ccc(-c3cc(C(C)(C)C)cc(C(C)(C)C)c3)cc2C42c3ccccc3Oc3ccccc32)c([2H])c1[2H]. The summed E-state index contributed by atoms with van der Waals surface area (Å²) in [6, 6.07) is 58.2. The Morgan fingerprint density at radius 1 is 0.382 bits per heavy atom. The van der Waals surface area contributed by atoms with Gasteiger partial charge in [-0.2, -0.15) is 0 Å². The lowest BCUT2D eigenvalue weighted by Crippen LogP contribution is -2.65. The number of para-hydroxylation sites is 4. The average molecular weight is 1160 g/mol. The third-order valence-corrected chi connectivity index (χ3v) is 18.7. The number of aromatic nitrogens is 1. The van der Waals surface area contributed by atoms with E-state index in [0.717, 1.165) is 88.7 Å². The quantitative estimate of drug-likeness (QED) is 0.154. The molecule has 0 atom stereocenters. The summed E-state index contributed by atoms with van der Waals surface area (Å²) in [6.45, 7) is 19.3. The van der Waals surface area contributed by atoms with E-state index in [4.69, 9.17) is 8.85 Å². The number of benzene rings is 12. The number of nitrogens with zero attached hydrogens (tertiary/aromatic N) is 2. The first-order valence-electron chi connectivity index (χ1n) is 37.1. The predicted octanol–water partition coefficient (Wildman–Crippen LogP) is 20.4. The molecule has 3 aliphatic rings. The van der Waals surface area contributed by atoms with Crippen LogP contribution in [0.3, 0.4) is 0 Å². The number of rotatable bonds is 6. The molecule has 4 heteroatoms. The second-order valence-corrected chi connectivity index (χ2v) is 27.1. The number of anilines is 3. The third-order valence-electron chi connectivity index (χ3n) is 18.7. The highest BCUT2D eigenvalue weighted by Crippen LogP contribution is 2.59. The van der Waals surface area contributed by atoms with Gasteiger partial charge in [-0.15, -0.1) is 0 Å². The lowest BCUT2D eigenvalue weighted by molar-refractivity contribution is 0.435. The lowest BCUT2D eigenvalue weighted by Gasteiger charge is -2.50. The fourth-order valence-corrected chi connectivity index (χ4v) is 14.3. The van der Waals surface area contributed by atoms with E-state index in [9.17, 15) is 13.7 Å². The van der Waals surface area contributed by atoms with Crippen molar-refractivity contribution in [3.05, 3.63) is 306 Å². The lowest BCUT2D eigenvalue weighted by atomic mass is 9.29. The van der Waals surface area contributed by atoms with Gasteiger partial charge in [-0.3, -0.25) is 0 Å². The Labute approximate surface area is 542 Å². The predicted molar refractivity (Wildman–Crippen MR) is 376 cm³/mol. The van der Waals surface area contributed by atoms with Gasteiger partial charge in [-0.25, -0.2) is 0 Å². The van der Waals surface area contributed by atoms with Crippen LogP contribution in [0.1, 0.15) is 119 Å². The van der Waals surface area contributed by atoms with Crippen LogP contribution in [0, 0.1) is 0 Å². The van der Waals surface area contributed by atoms with Gasteiger partial charge in [-0.1, -0.05) is 280 Å². The third kappa shape index (κ3) is 8.54. The molecule has 0 fully saturated rings. The Hall–Kier alpha value is -9.90. The smallest absolute Gasteiger partial charge is 0.247 e. The molecule has 0 saturated heterocycles. The maximum Gasteiger partial charge on any atom is 0.247 e. The number of hydrogen-bond donors (Lipinski definition) is 0. The summed E-state index contributed by atoms with van der Waals surface area (Å²) in [5.74, 6) is 1.17. The molecule has 13 aromatic rings. The monoisotopic (exact) mass is 1160 g/mol. The molecule has 430 valence electrons. The van der Waals surface area contributed by atoms with Crippen molar-refractivity contribution in [3.63, 3.8) is 0 Å². The molecular formula is C85H71BN2O. The molecule has 0 bridgehead atoms. The Morgan fingerprint density at radius 2 is 0.876 bits per heavy atom. The largest absolute Gasteiger partial charge is 0.457 e. The molecule has 1 aromatic heterocycles. The van der Waals surface area contributed by atoms with E-state index in [-0.39, 0.29) is 50.3 Å². The Kier molecular flexibility index (Phi) is 9.49. The van der Waals surface area contributed by atoms with E-state index in [1.165, 1.54) is 0 Å². The van der Waals surface area contributed by atoms with Crippen LogP contribution >= 0.6 is 0 Å². The van der Waals surface area contributed by atoms with Gasteiger partial charge in [0, 0.05) is 50.1 Å². The summed E-state index contributed by atoms with van der Waals surface area (Å²) in [7, 11) is 0. The number of fused-ring (bicyclic) bond motifs is 13. The second-order valence-electron chi connectivity index (χ2n) is 27.1. The van der Waals surface area contributed by atoms with Gasteiger partial charge < -0.3 is 14.2 Å². The minimum absolute atomic E-state index is 0.00218. The Bertz CT molecular complexity index is 5560. The molecule has 4 heterocycles. The maximum absolute atomic E-state index is 10.1. The van der Waals surface area contributed by atoms with E-state index < -0.39 is 84.0 Å². The van der Waals surface area contributed by atoms with Gasteiger partial charge in [0.25, 0.3) is 0 Å². The Morgan fingerprint density at radius 3 is 1.44 bits per heavy atom. The highest BCUT2D eigenvalue weighted by Gasteiger charge is 2.55. The zero-order valence-electron chi connectivity index (χ0n) is 64.3. The van der Waals surface area contributed by atoms with Crippen molar-refractivity contribution in [3.8, 4) is 61.7 Å². The molecule has 0 radical (unpaired) electrons. The molecule has 0 unspecified atom stereocenters. The summed E-state index contributed by atoms with van der Waals surface area (Å²) in [5.41, 5.74) is 14.6. The van der Waals surface area contributed by atoms with Gasteiger partial charge in [-0.05, 0) is 143 Å². The molecule has 0 saturated carbocycles. The number of hydrogen-bond acceptors (Lipinski definition) is 2. The van der Waals surface area contributed by atoms with Crippen molar-refractivity contribution in [2.45, 2.75) is 84.0 Å². The van der Waals surface area contributed by atoms with E-state index in [2.05, 4.69) is 158 Å². The fourth-order valence-electron chi connectivity index (χ4n) is 14.3. The molecule has 89 heavy (non-hydrogen) atoms. The molecular weight excluding hydrogens is 1080 g/mol.